The van der Waals surface area contributed by atoms with Gasteiger partial charge in [-0.15, -0.1) is 11.3 Å². The average molecular weight is 328 g/mol. The highest BCUT2D eigenvalue weighted by Gasteiger charge is 2.19. The fraction of sp³-hybridized carbons (Fsp3) is 0.429. The van der Waals surface area contributed by atoms with E-state index in [0.717, 1.165) is 11.4 Å². The second-order valence-corrected chi connectivity index (χ2v) is 6.37. The Balaban J connectivity index is 1.99. The lowest BCUT2D eigenvalue weighted by atomic mass is 10.0. The van der Waals surface area contributed by atoms with E-state index >= 15 is 0 Å². The van der Waals surface area contributed by atoms with Crippen molar-refractivity contribution in [2.24, 2.45) is 0 Å². The van der Waals surface area contributed by atoms with E-state index in [9.17, 15) is 9.90 Å². The first-order valence-electron chi connectivity index (χ1n) is 6.72. The summed E-state index contributed by atoms with van der Waals surface area (Å²) in [7, 11) is 0. The normalized spacial score (nSPS) is 14.7. The van der Waals surface area contributed by atoms with Crippen molar-refractivity contribution in [2.45, 2.75) is 32.3 Å². The molecule has 1 unspecified atom stereocenters. The molecule has 7 heteroatoms. The molecule has 1 amide bonds. The summed E-state index contributed by atoms with van der Waals surface area (Å²) < 4.78 is 1.82. The number of amides is 1. The largest absolute Gasteiger partial charge is 0.388 e. The van der Waals surface area contributed by atoms with Crippen LogP contribution in [-0.4, -0.2) is 32.5 Å². The molecule has 0 aromatic carbocycles. The van der Waals surface area contributed by atoms with Crippen LogP contribution in [-0.2, 0) is 4.79 Å². The smallest absolute Gasteiger partial charge is 0.244 e. The number of carbonyl (C=O) groups is 1. The number of rotatable bonds is 6. The van der Waals surface area contributed by atoms with Crippen LogP contribution in [0.4, 0.5) is 0 Å². The standard InChI is InChI=1S/C14H18ClN3O2S/c1-3-6-14(2,20)9-16-11(19)5-4-10-12(15)17-13-18(10)7-8-21-13/h4-5,7-8,20H,3,6,9H2,1-2H3,(H,16,19)/b5-4+. The Morgan fingerprint density at radius 2 is 2.43 bits per heavy atom. The maximum absolute atomic E-state index is 11.8. The van der Waals surface area contributed by atoms with Gasteiger partial charge in [0, 0.05) is 24.2 Å². The molecule has 2 aromatic rings. The molecule has 0 fully saturated rings. The third kappa shape index (κ3) is 4.06. The highest BCUT2D eigenvalue weighted by Crippen LogP contribution is 2.22. The number of nitrogens with zero attached hydrogens (tertiary/aromatic N) is 2. The van der Waals surface area contributed by atoms with Gasteiger partial charge in [-0.2, -0.15) is 0 Å². The van der Waals surface area contributed by atoms with E-state index < -0.39 is 5.60 Å². The fourth-order valence-corrected chi connectivity index (χ4v) is 3.05. The Bertz CT molecular complexity index is 660. The Labute approximate surface area is 132 Å². The summed E-state index contributed by atoms with van der Waals surface area (Å²) in [5.41, 5.74) is -0.212. The van der Waals surface area contributed by atoms with Crippen molar-refractivity contribution in [3.63, 3.8) is 0 Å². The van der Waals surface area contributed by atoms with Crippen molar-refractivity contribution in [2.75, 3.05) is 6.54 Å². The van der Waals surface area contributed by atoms with Gasteiger partial charge >= 0.3 is 0 Å². The van der Waals surface area contributed by atoms with Gasteiger partial charge in [0.25, 0.3) is 0 Å². The van der Waals surface area contributed by atoms with Gasteiger partial charge < -0.3 is 10.4 Å². The topological polar surface area (TPSA) is 66.6 Å². The lowest BCUT2D eigenvalue weighted by Crippen LogP contribution is -2.39. The number of aromatic nitrogens is 2. The molecular weight excluding hydrogens is 310 g/mol. The first-order chi connectivity index (χ1) is 9.93. The van der Waals surface area contributed by atoms with Crippen LogP contribution in [0.2, 0.25) is 5.15 Å². The molecule has 0 saturated carbocycles. The van der Waals surface area contributed by atoms with Gasteiger partial charge in [0.05, 0.1) is 11.3 Å². The van der Waals surface area contributed by atoms with E-state index in [0.29, 0.717) is 17.3 Å². The summed E-state index contributed by atoms with van der Waals surface area (Å²) in [4.78, 5) is 16.8. The van der Waals surface area contributed by atoms with E-state index in [4.69, 9.17) is 11.6 Å². The van der Waals surface area contributed by atoms with Crippen LogP contribution in [0.3, 0.4) is 0 Å². The van der Waals surface area contributed by atoms with Gasteiger partial charge in [0.1, 0.15) is 0 Å². The van der Waals surface area contributed by atoms with Crippen molar-refractivity contribution < 1.29 is 9.90 Å². The van der Waals surface area contributed by atoms with E-state index in [1.54, 1.807) is 13.0 Å². The van der Waals surface area contributed by atoms with E-state index in [2.05, 4.69) is 10.3 Å². The number of carbonyl (C=O) groups excluding carboxylic acids is 1. The zero-order chi connectivity index (χ0) is 15.5. The minimum atomic E-state index is -0.882. The minimum Gasteiger partial charge on any atom is -0.388 e. The monoisotopic (exact) mass is 327 g/mol. The van der Waals surface area contributed by atoms with E-state index in [-0.39, 0.29) is 12.5 Å². The van der Waals surface area contributed by atoms with Crippen LogP contribution in [0.25, 0.3) is 11.0 Å². The van der Waals surface area contributed by atoms with Crippen LogP contribution < -0.4 is 5.32 Å². The molecule has 5 nitrogen and oxygen atoms in total. The second-order valence-electron chi connectivity index (χ2n) is 5.14. The Morgan fingerprint density at radius 3 is 3.14 bits per heavy atom. The molecule has 0 bridgehead atoms. The number of hydrogen-bond acceptors (Lipinski definition) is 4. The zero-order valence-corrected chi connectivity index (χ0v) is 13.5. The number of imidazole rings is 1. The van der Waals surface area contributed by atoms with Crippen molar-refractivity contribution >= 4 is 39.9 Å². The zero-order valence-electron chi connectivity index (χ0n) is 12.0. The molecule has 0 saturated heterocycles. The fourth-order valence-electron chi connectivity index (χ4n) is 2.04. The van der Waals surface area contributed by atoms with Crippen molar-refractivity contribution in [3.05, 3.63) is 28.5 Å². The number of nitrogens with one attached hydrogen (secondary N) is 1. The quantitative estimate of drug-likeness (QED) is 0.802. The molecule has 0 aliphatic rings. The average Bonchev–Trinajstić information content (AvgIpc) is 2.95. The van der Waals surface area contributed by atoms with Crippen molar-refractivity contribution in [3.8, 4) is 0 Å². The maximum Gasteiger partial charge on any atom is 0.244 e. The van der Waals surface area contributed by atoms with Crippen LogP contribution in [0.1, 0.15) is 32.4 Å². The Morgan fingerprint density at radius 1 is 1.67 bits per heavy atom. The molecule has 2 heterocycles. The third-order valence-corrected chi connectivity index (χ3v) is 4.11. The minimum absolute atomic E-state index is 0.220. The molecule has 0 radical (unpaired) electrons. The SMILES string of the molecule is CCCC(C)(O)CNC(=O)/C=C/c1c(Cl)nc2sccn12. The summed E-state index contributed by atoms with van der Waals surface area (Å²) in [6.45, 7) is 3.92. The van der Waals surface area contributed by atoms with Crippen molar-refractivity contribution in [1.82, 2.24) is 14.7 Å². The molecule has 2 rings (SSSR count). The first kappa shape index (κ1) is 16.0. The van der Waals surface area contributed by atoms with Gasteiger partial charge in [0.2, 0.25) is 5.91 Å². The van der Waals surface area contributed by atoms with Gasteiger partial charge in [-0.3, -0.25) is 9.20 Å². The Hall–Kier alpha value is -1.37. The molecule has 0 aliphatic heterocycles. The van der Waals surface area contributed by atoms with Gasteiger partial charge in [-0.25, -0.2) is 4.98 Å². The molecule has 1 atom stereocenters. The summed E-state index contributed by atoms with van der Waals surface area (Å²) >= 11 is 7.51. The molecule has 114 valence electrons. The number of halogens is 1. The molecule has 2 N–H and O–H groups in total. The van der Waals surface area contributed by atoms with Gasteiger partial charge in [0.15, 0.2) is 10.1 Å². The highest BCUT2D eigenvalue weighted by molar-refractivity contribution is 7.15. The van der Waals surface area contributed by atoms with E-state index in [1.165, 1.54) is 17.4 Å². The van der Waals surface area contributed by atoms with Crippen LogP contribution >= 0.6 is 22.9 Å². The molecule has 21 heavy (non-hydrogen) atoms. The Kier molecular flexibility index (Phi) is 5.03. The van der Waals surface area contributed by atoms with Crippen LogP contribution in [0.5, 0.6) is 0 Å². The van der Waals surface area contributed by atoms with E-state index in [1.807, 2.05) is 22.9 Å². The predicted octanol–water partition coefficient (Wildman–Crippen LogP) is 2.73. The molecular formula is C14H18ClN3O2S. The second kappa shape index (κ2) is 6.60. The summed E-state index contributed by atoms with van der Waals surface area (Å²) in [5.74, 6) is -0.271. The van der Waals surface area contributed by atoms with Crippen molar-refractivity contribution in [1.29, 1.82) is 0 Å². The number of fused-ring (bicyclic) bond motifs is 1. The number of hydrogen-bond donors (Lipinski definition) is 2. The molecule has 2 aromatic heterocycles. The van der Waals surface area contributed by atoms with Crippen LogP contribution in [0, 0.1) is 0 Å². The maximum atomic E-state index is 11.8. The molecule has 0 spiro atoms. The first-order valence-corrected chi connectivity index (χ1v) is 7.98. The number of aliphatic hydroxyl groups is 1. The van der Waals surface area contributed by atoms with Crippen LogP contribution in [0.15, 0.2) is 17.7 Å². The predicted molar refractivity (Wildman–Crippen MR) is 85.7 cm³/mol. The lowest BCUT2D eigenvalue weighted by molar-refractivity contribution is -0.117. The summed E-state index contributed by atoms with van der Waals surface area (Å²) in [5, 5.41) is 15.0. The molecule has 0 aliphatic carbocycles. The third-order valence-electron chi connectivity index (χ3n) is 3.08. The summed E-state index contributed by atoms with van der Waals surface area (Å²) in [6.07, 6.45) is 6.37. The number of thiazole rings is 1. The highest BCUT2D eigenvalue weighted by atomic mass is 35.5. The lowest BCUT2D eigenvalue weighted by Gasteiger charge is -2.22. The van der Waals surface area contributed by atoms with Gasteiger partial charge in [-0.1, -0.05) is 24.9 Å². The van der Waals surface area contributed by atoms with Gasteiger partial charge in [-0.05, 0) is 19.4 Å². The summed E-state index contributed by atoms with van der Waals surface area (Å²) in [6, 6.07) is 0.